The second kappa shape index (κ2) is 5.91. The van der Waals surface area contributed by atoms with Crippen molar-refractivity contribution < 1.29 is 14.0 Å². The van der Waals surface area contributed by atoms with Crippen LogP contribution in [-0.2, 0) is 7.05 Å². The molecule has 0 aliphatic heterocycles. The number of hydrogen-bond acceptors (Lipinski definition) is 2. The van der Waals surface area contributed by atoms with Crippen LogP contribution in [0.2, 0.25) is 0 Å². The first kappa shape index (κ1) is 15.0. The van der Waals surface area contributed by atoms with Crippen molar-refractivity contribution in [1.82, 2.24) is 9.88 Å². The largest absolute Gasteiger partial charge is 0.346 e. The Morgan fingerprint density at radius 2 is 1.86 bits per heavy atom. The van der Waals surface area contributed by atoms with Crippen LogP contribution in [0.25, 0.3) is 0 Å². The van der Waals surface area contributed by atoms with E-state index in [4.69, 9.17) is 0 Å². The molecule has 1 amide bonds. The Bertz CT molecular complexity index is 674. The molecular formula is C16H17FN2O2. The lowest BCUT2D eigenvalue weighted by molar-refractivity contribution is 0.0931. The van der Waals surface area contributed by atoms with Crippen molar-refractivity contribution in [2.75, 3.05) is 0 Å². The molecule has 0 radical (unpaired) electrons. The second-order valence-electron chi connectivity index (χ2n) is 5.03. The SMILES string of the molecule is CC(=O)c1cc(C(=O)NC(C)c2ccc(F)cc2)n(C)c1. The molecule has 4 nitrogen and oxygen atoms in total. The lowest BCUT2D eigenvalue weighted by Crippen LogP contribution is -2.28. The van der Waals surface area contributed by atoms with Gasteiger partial charge in [0.2, 0.25) is 0 Å². The number of Topliss-reactive ketones (excluding diaryl/α,β-unsaturated/α-hetero) is 1. The molecule has 1 aromatic carbocycles. The maximum atomic E-state index is 12.9. The third-order valence-electron chi connectivity index (χ3n) is 3.36. The monoisotopic (exact) mass is 288 g/mol. The Hall–Kier alpha value is -2.43. The van der Waals surface area contributed by atoms with Gasteiger partial charge in [-0.05, 0) is 37.6 Å². The van der Waals surface area contributed by atoms with Crippen molar-refractivity contribution in [3.05, 3.63) is 59.2 Å². The molecule has 0 saturated heterocycles. The minimum Gasteiger partial charge on any atom is -0.346 e. The zero-order chi connectivity index (χ0) is 15.6. The fourth-order valence-corrected chi connectivity index (χ4v) is 2.09. The predicted octanol–water partition coefficient (Wildman–Crippen LogP) is 2.86. The zero-order valence-electron chi connectivity index (χ0n) is 12.2. The van der Waals surface area contributed by atoms with E-state index in [9.17, 15) is 14.0 Å². The van der Waals surface area contributed by atoms with Gasteiger partial charge in [0.1, 0.15) is 11.5 Å². The standard InChI is InChI=1S/C16H17FN2O2/c1-10(12-4-6-14(17)7-5-12)18-16(21)15-8-13(11(2)20)9-19(15)3/h4-10H,1-3H3,(H,18,21). The molecule has 0 spiro atoms. The molecule has 5 heteroatoms. The molecule has 2 aromatic rings. The number of aryl methyl sites for hydroxylation is 1. The molecule has 1 N–H and O–H groups in total. The molecule has 0 aliphatic carbocycles. The number of aromatic nitrogens is 1. The van der Waals surface area contributed by atoms with Gasteiger partial charge in [-0.25, -0.2) is 4.39 Å². The van der Waals surface area contributed by atoms with Crippen LogP contribution >= 0.6 is 0 Å². The number of ketones is 1. The van der Waals surface area contributed by atoms with Crippen LogP contribution in [-0.4, -0.2) is 16.3 Å². The van der Waals surface area contributed by atoms with E-state index in [0.29, 0.717) is 11.3 Å². The molecule has 0 bridgehead atoms. The van der Waals surface area contributed by atoms with Crippen molar-refractivity contribution in [3.8, 4) is 0 Å². The molecular weight excluding hydrogens is 271 g/mol. The second-order valence-corrected chi connectivity index (χ2v) is 5.03. The van der Waals surface area contributed by atoms with E-state index in [1.165, 1.54) is 19.1 Å². The molecule has 2 rings (SSSR count). The molecule has 110 valence electrons. The summed E-state index contributed by atoms with van der Waals surface area (Å²) in [6.45, 7) is 3.28. The third kappa shape index (κ3) is 3.37. The Morgan fingerprint density at radius 1 is 1.24 bits per heavy atom. The number of halogens is 1. The number of amides is 1. The predicted molar refractivity (Wildman–Crippen MR) is 77.7 cm³/mol. The number of carbonyl (C=O) groups is 2. The van der Waals surface area contributed by atoms with Crippen LogP contribution in [0.15, 0.2) is 36.5 Å². The molecule has 1 unspecified atom stereocenters. The molecule has 21 heavy (non-hydrogen) atoms. The van der Waals surface area contributed by atoms with Gasteiger partial charge in [-0.15, -0.1) is 0 Å². The molecule has 1 atom stereocenters. The lowest BCUT2D eigenvalue weighted by atomic mass is 10.1. The van der Waals surface area contributed by atoms with E-state index in [1.54, 1.807) is 36.0 Å². The molecule has 0 aliphatic rings. The Balaban J connectivity index is 2.14. The Morgan fingerprint density at radius 3 is 2.38 bits per heavy atom. The Kier molecular flexibility index (Phi) is 4.21. The van der Waals surface area contributed by atoms with Crippen LogP contribution in [0.1, 0.15) is 46.3 Å². The first-order chi connectivity index (χ1) is 9.88. The topological polar surface area (TPSA) is 51.1 Å². The van der Waals surface area contributed by atoms with Crippen molar-refractivity contribution >= 4 is 11.7 Å². The van der Waals surface area contributed by atoms with E-state index in [1.807, 2.05) is 6.92 Å². The Labute approximate surface area is 122 Å². The van der Waals surface area contributed by atoms with Crippen molar-refractivity contribution in [2.45, 2.75) is 19.9 Å². The highest BCUT2D eigenvalue weighted by atomic mass is 19.1. The number of nitrogens with one attached hydrogen (secondary N) is 1. The first-order valence-electron chi connectivity index (χ1n) is 6.62. The highest BCUT2D eigenvalue weighted by Crippen LogP contribution is 2.15. The summed E-state index contributed by atoms with van der Waals surface area (Å²) in [5.74, 6) is -0.677. The third-order valence-corrected chi connectivity index (χ3v) is 3.36. The first-order valence-corrected chi connectivity index (χ1v) is 6.62. The number of carbonyl (C=O) groups excluding carboxylic acids is 2. The summed E-state index contributed by atoms with van der Waals surface area (Å²) < 4.78 is 14.5. The van der Waals surface area contributed by atoms with Crippen LogP contribution in [0.5, 0.6) is 0 Å². The summed E-state index contributed by atoms with van der Waals surface area (Å²) in [5, 5.41) is 2.83. The van der Waals surface area contributed by atoms with Crippen LogP contribution in [0.4, 0.5) is 4.39 Å². The lowest BCUT2D eigenvalue weighted by Gasteiger charge is -2.14. The van der Waals surface area contributed by atoms with Gasteiger partial charge in [0.05, 0.1) is 6.04 Å². The minimum atomic E-state index is -0.314. The molecule has 0 fully saturated rings. The van der Waals surface area contributed by atoms with E-state index in [2.05, 4.69) is 5.32 Å². The highest BCUT2D eigenvalue weighted by Gasteiger charge is 2.16. The van der Waals surface area contributed by atoms with Gasteiger partial charge < -0.3 is 9.88 Å². The summed E-state index contributed by atoms with van der Waals surface area (Å²) in [6.07, 6.45) is 1.62. The summed E-state index contributed by atoms with van der Waals surface area (Å²) >= 11 is 0. The highest BCUT2D eigenvalue weighted by molar-refractivity contribution is 5.99. The minimum absolute atomic E-state index is 0.0868. The number of rotatable bonds is 4. The van der Waals surface area contributed by atoms with Gasteiger partial charge in [0.15, 0.2) is 5.78 Å². The van der Waals surface area contributed by atoms with Gasteiger partial charge in [-0.3, -0.25) is 9.59 Å². The molecule has 1 heterocycles. The summed E-state index contributed by atoms with van der Waals surface area (Å²) in [5.41, 5.74) is 1.72. The zero-order valence-corrected chi connectivity index (χ0v) is 12.2. The maximum Gasteiger partial charge on any atom is 0.268 e. The van der Waals surface area contributed by atoms with E-state index in [-0.39, 0.29) is 23.5 Å². The van der Waals surface area contributed by atoms with Crippen LogP contribution < -0.4 is 5.32 Å². The van der Waals surface area contributed by atoms with Gasteiger partial charge in [-0.1, -0.05) is 12.1 Å². The number of nitrogens with zero attached hydrogens (tertiary/aromatic N) is 1. The van der Waals surface area contributed by atoms with Crippen LogP contribution in [0.3, 0.4) is 0 Å². The van der Waals surface area contributed by atoms with Crippen molar-refractivity contribution in [3.63, 3.8) is 0 Å². The maximum absolute atomic E-state index is 12.9. The fraction of sp³-hybridized carbons (Fsp3) is 0.250. The smallest absolute Gasteiger partial charge is 0.268 e. The normalized spacial score (nSPS) is 12.0. The van der Waals surface area contributed by atoms with Crippen molar-refractivity contribution in [2.24, 2.45) is 7.05 Å². The quantitative estimate of drug-likeness (QED) is 0.879. The summed E-state index contributed by atoms with van der Waals surface area (Å²) in [6, 6.07) is 7.28. The van der Waals surface area contributed by atoms with E-state index >= 15 is 0 Å². The summed E-state index contributed by atoms with van der Waals surface area (Å²) in [7, 11) is 1.71. The van der Waals surface area contributed by atoms with E-state index < -0.39 is 0 Å². The van der Waals surface area contributed by atoms with Gasteiger partial charge >= 0.3 is 0 Å². The summed E-state index contributed by atoms with van der Waals surface area (Å²) in [4.78, 5) is 23.6. The average molecular weight is 288 g/mol. The molecule has 0 saturated carbocycles. The van der Waals surface area contributed by atoms with Crippen LogP contribution in [0, 0.1) is 5.82 Å². The van der Waals surface area contributed by atoms with Gasteiger partial charge in [-0.2, -0.15) is 0 Å². The van der Waals surface area contributed by atoms with Gasteiger partial charge in [0.25, 0.3) is 5.91 Å². The number of hydrogen-bond donors (Lipinski definition) is 1. The van der Waals surface area contributed by atoms with Gasteiger partial charge in [0, 0.05) is 18.8 Å². The van der Waals surface area contributed by atoms with Crippen molar-refractivity contribution in [1.29, 1.82) is 0 Å². The fourth-order valence-electron chi connectivity index (χ4n) is 2.09. The molecule has 1 aromatic heterocycles. The van der Waals surface area contributed by atoms with E-state index in [0.717, 1.165) is 5.56 Å². The number of benzene rings is 1. The average Bonchev–Trinajstić information content (AvgIpc) is 2.81.